The van der Waals surface area contributed by atoms with Gasteiger partial charge >= 0.3 is 0 Å². The maximum atomic E-state index is 6.69. The molecule has 0 aliphatic carbocycles. The Balaban J connectivity index is 1.40. The van der Waals surface area contributed by atoms with Crippen LogP contribution in [0.15, 0.2) is 170 Å². The summed E-state index contributed by atoms with van der Waals surface area (Å²) in [6, 6.07) is 60.9. The first kappa shape index (κ1) is 30.9. The summed E-state index contributed by atoms with van der Waals surface area (Å²) in [6.07, 6.45) is 0. The molecule has 2 nitrogen and oxygen atoms in total. The maximum absolute atomic E-state index is 6.69. The highest BCUT2D eigenvalue weighted by molar-refractivity contribution is 7.01. The van der Waals surface area contributed by atoms with Crippen molar-refractivity contribution >= 4 is 127 Å². The lowest BCUT2D eigenvalue weighted by Gasteiger charge is -2.28. The highest BCUT2D eigenvalue weighted by Crippen LogP contribution is 2.46. The predicted octanol–water partition coefficient (Wildman–Crippen LogP) is 11.6. The molecule has 0 aromatic heterocycles. The van der Waals surface area contributed by atoms with E-state index in [1.807, 2.05) is 0 Å². The molecular weight excluding hydrogens is 684 g/mol. The molecule has 0 aliphatic heterocycles. The summed E-state index contributed by atoms with van der Waals surface area (Å²) >= 11 is 13.4. The Morgan fingerprint density at radius 2 is 0.620 bits per heavy atom. The SMILES string of the molecule is Cl[Si]c1cc2cc(N(c3ccccc3)c3ccccc3)cc3c4cc([Si]Cl)cc5cc(N(c6ccccc6)c6ccccc6)cc(c(c1)c23)c54. The van der Waals surface area contributed by atoms with Gasteiger partial charge < -0.3 is 9.80 Å². The normalized spacial score (nSPS) is 11.6. The molecule has 236 valence electrons. The summed E-state index contributed by atoms with van der Waals surface area (Å²) in [7, 11) is 0.284. The van der Waals surface area contributed by atoms with Crippen LogP contribution in [0.25, 0.3) is 43.1 Å². The number of hydrogen-bond donors (Lipinski definition) is 0. The summed E-state index contributed by atoms with van der Waals surface area (Å²) < 4.78 is 0. The molecule has 0 amide bonds. The highest BCUT2D eigenvalue weighted by Gasteiger charge is 2.22. The molecule has 0 atom stereocenters. The molecule has 0 saturated carbocycles. The number of hydrogen-bond acceptors (Lipinski definition) is 2. The van der Waals surface area contributed by atoms with Crippen LogP contribution in [0.1, 0.15) is 0 Å². The fourth-order valence-corrected chi connectivity index (χ4v) is 8.89. The third-order valence-electron chi connectivity index (χ3n) is 9.44. The quantitative estimate of drug-likeness (QED) is 0.0670. The summed E-state index contributed by atoms with van der Waals surface area (Å²) in [6.45, 7) is 0. The average molecular weight is 712 g/mol. The number of halogens is 2. The van der Waals surface area contributed by atoms with Crippen molar-refractivity contribution in [1.29, 1.82) is 0 Å². The van der Waals surface area contributed by atoms with Crippen molar-refractivity contribution in [2.45, 2.75) is 0 Å². The lowest BCUT2D eigenvalue weighted by atomic mass is 9.88. The van der Waals surface area contributed by atoms with Crippen LogP contribution < -0.4 is 20.2 Å². The summed E-state index contributed by atoms with van der Waals surface area (Å²) in [4.78, 5) is 4.68. The van der Waals surface area contributed by atoms with Gasteiger partial charge in [0.05, 0.1) is 0 Å². The van der Waals surface area contributed by atoms with E-state index < -0.39 is 0 Å². The summed E-state index contributed by atoms with van der Waals surface area (Å²) in [5.41, 5.74) is 6.60. The minimum atomic E-state index is 0.142. The van der Waals surface area contributed by atoms with Crippen LogP contribution in [0.3, 0.4) is 0 Å². The van der Waals surface area contributed by atoms with E-state index in [4.69, 9.17) is 22.2 Å². The number of anilines is 6. The number of benzene rings is 9. The first-order valence-corrected chi connectivity index (χ1v) is 20.5. The van der Waals surface area contributed by atoms with E-state index >= 15 is 0 Å². The second-order valence-corrected chi connectivity index (χ2v) is 15.1. The smallest absolute Gasteiger partial charge is 0.210 e. The molecule has 6 heteroatoms. The van der Waals surface area contributed by atoms with E-state index in [0.717, 1.165) is 44.5 Å². The van der Waals surface area contributed by atoms with Gasteiger partial charge in [0, 0.05) is 34.1 Å². The van der Waals surface area contributed by atoms with Crippen LogP contribution in [0, 0.1) is 0 Å². The zero-order valence-electron chi connectivity index (χ0n) is 26.8. The van der Waals surface area contributed by atoms with Crippen molar-refractivity contribution in [3.63, 3.8) is 0 Å². The summed E-state index contributed by atoms with van der Waals surface area (Å²) in [5, 5.41) is 11.9. The van der Waals surface area contributed by atoms with Crippen LogP contribution in [-0.2, 0) is 0 Å². The van der Waals surface area contributed by atoms with Gasteiger partial charge in [-0.05, 0) is 126 Å². The van der Waals surface area contributed by atoms with E-state index in [1.54, 1.807) is 0 Å². The third-order valence-corrected chi connectivity index (χ3v) is 11.8. The lowest BCUT2D eigenvalue weighted by Crippen LogP contribution is -2.13. The molecule has 9 aromatic carbocycles. The average Bonchev–Trinajstić information content (AvgIpc) is 3.18. The first-order chi connectivity index (χ1) is 24.7. The largest absolute Gasteiger partial charge is 0.310 e. The van der Waals surface area contributed by atoms with Crippen molar-refractivity contribution in [2.75, 3.05) is 9.80 Å². The van der Waals surface area contributed by atoms with Crippen molar-refractivity contribution in [2.24, 2.45) is 0 Å². The molecule has 0 spiro atoms. The first-order valence-electron chi connectivity index (χ1n) is 16.5. The zero-order chi connectivity index (χ0) is 33.6. The molecular formula is C44H28Cl2N2Si2. The second-order valence-electron chi connectivity index (χ2n) is 12.4. The molecule has 50 heavy (non-hydrogen) atoms. The Morgan fingerprint density at radius 1 is 0.320 bits per heavy atom. The number of nitrogens with zero attached hydrogens (tertiary/aromatic N) is 2. The molecule has 4 radical (unpaired) electrons. The molecule has 9 rings (SSSR count). The van der Waals surface area contributed by atoms with Crippen molar-refractivity contribution in [3.05, 3.63) is 170 Å². The van der Waals surface area contributed by atoms with Gasteiger partial charge in [-0.25, -0.2) is 0 Å². The Hall–Kier alpha value is -5.11. The molecule has 0 N–H and O–H groups in total. The summed E-state index contributed by atoms with van der Waals surface area (Å²) in [5.74, 6) is 0. The van der Waals surface area contributed by atoms with Crippen molar-refractivity contribution < 1.29 is 0 Å². The molecule has 0 fully saturated rings. The minimum absolute atomic E-state index is 0.142. The Kier molecular flexibility index (Phi) is 8.02. The Labute approximate surface area is 305 Å². The third kappa shape index (κ3) is 5.33. The lowest BCUT2D eigenvalue weighted by molar-refractivity contribution is 1.29. The Bertz CT molecular complexity index is 2360. The molecule has 0 bridgehead atoms. The van der Waals surface area contributed by atoms with Gasteiger partial charge in [-0.1, -0.05) is 97.1 Å². The van der Waals surface area contributed by atoms with Crippen LogP contribution in [-0.4, -0.2) is 17.7 Å². The van der Waals surface area contributed by atoms with Crippen LogP contribution in [0.5, 0.6) is 0 Å². The van der Waals surface area contributed by atoms with Crippen LogP contribution >= 0.6 is 22.2 Å². The monoisotopic (exact) mass is 710 g/mol. The number of para-hydroxylation sites is 4. The van der Waals surface area contributed by atoms with Crippen LogP contribution in [0.4, 0.5) is 34.1 Å². The molecule has 0 unspecified atom stereocenters. The zero-order valence-corrected chi connectivity index (χ0v) is 30.3. The van der Waals surface area contributed by atoms with Gasteiger partial charge in [0.2, 0.25) is 17.7 Å². The minimum Gasteiger partial charge on any atom is -0.310 e. The van der Waals surface area contributed by atoms with Gasteiger partial charge in [0.25, 0.3) is 0 Å². The van der Waals surface area contributed by atoms with Gasteiger partial charge in [-0.2, -0.15) is 22.2 Å². The highest BCUT2D eigenvalue weighted by atomic mass is 35.6. The van der Waals surface area contributed by atoms with Crippen molar-refractivity contribution in [3.8, 4) is 0 Å². The van der Waals surface area contributed by atoms with Crippen molar-refractivity contribution in [1.82, 2.24) is 0 Å². The van der Waals surface area contributed by atoms with E-state index in [1.165, 1.54) is 43.1 Å². The van der Waals surface area contributed by atoms with Gasteiger partial charge in [-0.15, -0.1) is 0 Å². The van der Waals surface area contributed by atoms with Gasteiger partial charge in [0.1, 0.15) is 0 Å². The van der Waals surface area contributed by atoms with Gasteiger partial charge in [-0.3, -0.25) is 0 Å². The molecule has 9 aromatic rings. The maximum Gasteiger partial charge on any atom is 0.210 e. The van der Waals surface area contributed by atoms with E-state index in [9.17, 15) is 0 Å². The van der Waals surface area contributed by atoms with E-state index in [2.05, 4.69) is 180 Å². The molecule has 0 aliphatic rings. The fourth-order valence-electron chi connectivity index (χ4n) is 7.42. The fraction of sp³-hybridized carbons (Fsp3) is 0. The Morgan fingerprint density at radius 3 is 0.920 bits per heavy atom. The number of fused-ring (bicyclic) bond motifs is 2. The topological polar surface area (TPSA) is 6.48 Å². The molecule has 0 heterocycles. The molecule has 0 saturated heterocycles. The predicted molar refractivity (Wildman–Crippen MR) is 219 cm³/mol. The number of rotatable bonds is 8. The second kappa shape index (κ2) is 13.0. The standard InChI is InChI=1S/C44H28Cl2N2Si2/c45-49-37-23-29-21-35(47(31-13-5-1-6-14-31)32-15-7-2-8-16-32)25-39-41-27-38(50-46)24-30-22-36(26-40(44(30)41)42(28-37)43(29)39)48(33-17-9-3-10-18-33)34-19-11-4-12-20-34/h1-28H. The van der Waals surface area contributed by atoms with E-state index in [0.29, 0.717) is 0 Å². The van der Waals surface area contributed by atoms with E-state index in [-0.39, 0.29) is 17.7 Å². The van der Waals surface area contributed by atoms with Crippen LogP contribution in [0.2, 0.25) is 0 Å². The van der Waals surface area contributed by atoms with Gasteiger partial charge in [0.15, 0.2) is 0 Å².